The topological polar surface area (TPSA) is 81.0 Å². The van der Waals surface area contributed by atoms with Crippen molar-refractivity contribution < 1.29 is 4.74 Å². The van der Waals surface area contributed by atoms with Crippen LogP contribution in [0.5, 0.6) is 5.75 Å². The summed E-state index contributed by atoms with van der Waals surface area (Å²) in [5, 5.41) is 10.2. The van der Waals surface area contributed by atoms with E-state index in [0.29, 0.717) is 16.3 Å². The Morgan fingerprint density at radius 3 is 2.60 bits per heavy atom. The number of hydrogen-bond donors (Lipinski definition) is 1. The zero-order chi connectivity index (χ0) is 17.7. The molecule has 4 rings (SSSR count). The largest absolute Gasteiger partial charge is 0.440 e. The third-order valence-corrected chi connectivity index (χ3v) is 4.99. The van der Waals surface area contributed by atoms with Crippen LogP contribution in [-0.2, 0) is 0 Å². The lowest BCUT2D eigenvalue weighted by atomic mass is 9.84. The molecule has 0 saturated heterocycles. The van der Waals surface area contributed by atoms with Crippen LogP contribution in [0.1, 0.15) is 41.6 Å². The number of aromatic nitrogens is 1. The zero-order valence-electron chi connectivity index (χ0n) is 13.6. The van der Waals surface area contributed by atoms with E-state index in [0.717, 1.165) is 24.1 Å². The van der Waals surface area contributed by atoms with Crippen LogP contribution in [0.4, 0.5) is 0 Å². The van der Waals surface area contributed by atoms with Gasteiger partial charge in [-0.3, -0.25) is 4.79 Å². The molecular formula is C19H16ClN3O2. The maximum atomic E-state index is 13.2. The van der Waals surface area contributed by atoms with E-state index in [9.17, 15) is 10.1 Å². The normalized spacial score (nSPS) is 19.2. The first-order chi connectivity index (χ1) is 12.0. The predicted octanol–water partition coefficient (Wildman–Crippen LogP) is 3.36. The summed E-state index contributed by atoms with van der Waals surface area (Å²) < 4.78 is 7.43. The van der Waals surface area contributed by atoms with Gasteiger partial charge in [-0.1, -0.05) is 23.7 Å². The van der Waals surface area contributed by atoms with Crippen LogP contribution in [0, 0.1) is 18.3 Å². The Kier molecular flexibility index (Phi) is 3.59. The van der Waals surface area contributed by atoms with Gasteiger partial charge in [0.05, 0.1) is 11.5 Å². The molecule has 0 amide bonds. The number of nitrogens with zero attached hydrogens (tertiary/aromatic N) is 2. The molecule has 6 heteroatoms. The molecule has 1 aliphatic carbocycles. The summed E-state index contributed by atoms with van der Waals surface area (Å²) >= 11 is 5.98. The van der Waals surface area contributed by atoms with Gasteiger partial charge in [0.15, 0.2) is 0 Å². The number of allylic oxidation sites excluding steroid dienone is 1. The van der Waals surface area contributed by atoms with Crippen LogP contribution < -0.4 is 16.0 Å². The molecule has 1 atom stereocenters. The van der Waals surface area contributed by atoms with Gasteiger partial charge < -0.3 is 15.0 Å². The Balaban J connectivity index is 2.00. The summed E-state index contributed by atoms with van der Waals surface area (Å²) in [6, 6.07) is 11.3. The van der Waals surface area contributed by atoms with E-state index in [-0.39, 0.29) is 23.1 Å². The van der Waals surface area contributed by atoms with Gasteiger partial charge in [0.2, 0.25) is 5.88 Å². The number of ether oxygens (including phenoxy) is 1. The Labute approximate surface area is 149 Å². The lowest BCUT2D eigenvalue weighted by Crippen LogP contribution is -2.32. The van der Waals surface area contributed by atoms with Crippen LogP contribution in [0.2, 0.25) is 5.02 Å². The molecule has 1 fully saturated rings. The monoisotopic (exact) mass is 353 g/mol. The number of hydrogen-bond acceptors (Lipinski definition) is 4. The zero-order valence-corrected chi connectivity index (χ0v) is 14.4. The highest BCUT2D eigenvalue weighted by Crippen LogP contribution is 2.42. The first-order valence-corrected chi connectivity index (χ1v) is 8.48. The van der Waals surface area contributed by atoms with Gasteiger partial charge in [-0.25, -0.2) is 0 Å². The third-order valence-electron chi connectivity index (χ3n) is 4.73. The Bertz CT molecular complexity index is 995. The first-order valence-electron chi connectivity index (χ1n) is 8.10. The molecule has 2 N–H and O–H groups in total. The van der Waals surface area contributed by atoms with Gasteiger partial charge in [0.25, 0.3) is 5.56 Å². The molecule has 1 aromatic carbocycles. The molecule has 2 aliphatic rings. The number of nitrogens with two attached hydrogens (primary N) is 1. The number of pyridine rings is 1. The van der Waals surface area contributed by atoms with E-state index >= 15 is 0 Å². The summed E-state index contributed by atoms with van der Waals surface area (Å²) in [4.78, 5) is 13.2. The van der Waals surface area contributed by atoms with Gasteiger partial charge >= 0.3 is 0 Å². The lowest BCUT2D eigenvalue weighted by Gasteiger charge is -2.27. The van der Waals surface area contributed by atoms with Gasteiger partial charge in [-0.15, -0.1) is 0 Å². The van der Waals surface area contributed by atoms with E-state index < -0.39 is 5.92 Å². The molecule has 0 unspecified atom stereocenters. The summed E-state index contributed by atoms with van der Waals surface area (Å²) in [6.07, 6.45) is 1.99. The highest BCUT2D eigenvalue weighted by molar-refractivity contribution is 6.30. The van der Waals surface area contributed by atoms with Crippen molar-refractivity contribution in [2.45, 2.75) is 31.7 Å². The van der Waals surface area contributed by atoms with Crippen molar-refractivity contribution in [3.63, 3.8) is 0 Å². The Morgan fingerprint density at radius 1 is 1.32 bits per heavy atom. The van der Waals surface area contributed by atoms with Crippen LogP contribution >= 0.6 is 11.6 Å². The number of rotatable bonds is 2. The van der Waals surface area contributed by atoms with E-state index in [1.54, 1.807) is 12.1 Å². The van der Waals surface area contributed by atoms with Crippen molar-refractivity contribution >= 4 is 11.6 Å². The Hall–Kier alpha value is -2.71. The number of fused-ring (bicyclic) bond motifs is 1. The second-order valence-corrected chi connectivity index (χ2v) is 6.88. The lowest BCUT2D eigenvalue weighted by molar-refractivity contribution is 0.388. The second-order valence-electron chi connectivity index (χ2n) is 6.45. The molecule has 1 aliphatic heterocycles. The summed E-state index contributed by atoms with van der Waals surface area (Å²) in [6.45, 7) is 1.89. The number of nitriles is 1. The smallest absolute Gasteiger partial charge is 0.258 e. The van der Waals surface area contributed by atoms with Crippen molar-refractivity contribution in [1.29, 1.82) is 5.26 Å². The minimum absolute atomic E-state index is 0.0397. The fourth-order valence-electron chi connectivity index (χ4n) is 3.44. The fraction of sp³-hybridized carbons (Fsp3) is 0.263. The molecule has 0 radical (unpaired) electrons. The second kappa shape index (κ2) is 5.68. The quantitative estimate of drug-likeness (QED) is 0.897. The number of halogens is 1. The average Bonchev–Trinajstić information content (AvgIpc) is 3.39. The van der Waals surface area contributed by atoms with Crippen LogP contribution in [0.25, 0.3) is 0 Å². The van der Waals surface area contributed by atoms with Crippen molar-refractivity contribution in [2.75, 3.05) is 0 Å². The minimum atomic E-state index is -0.552. The molecular weight excluding hydrogens is 338 g/mol. The van der Waals surface area contributed by atoms with E-state index in [2.05, 4.69) is 6.07 Å². The fourth-order valence-corrected chi connectivity index (χ4v) is 3.56. The summed E-state index contributed by atoms with van der Waals surface area (Å²) in [5.74, 6) is -0.0853. The molecule has 126 valence electrons. The van der Waals surface area contributed by atoms with Gasteiger partial charge in [-0.05, 0) is 37.5 Å². The van der Waals surface area contributed by atoms with E-state index in [1.807, 2.05) is 29.7 Å². The molecule has 0 spiro atoms. The molecule has 25 heavy (non-hydrogen) atoms. The van der Waals surface area contributed by atoms with E-state index in [1.165, 1.54) is 0 Å². The highest BCUT2D eigenvalue weighted by Gasteiger charge is 2.36. The third kappa shape index (κ3) is 2.50. The van der Waals surface area contributed by atoms with Crippen molar-refractivity contribution in [1.82, 2.24) is 4.57 Å². The maximum Gasteiger partial charge on any atom is 0.258 e. The molecule has 1 aromatic heterocycles. The molecule has 0 bridgehead atoms. The SMILES string of the molecule is Cc1cc2c(c(=O)n1C1CC1)[C@H](c1ccc(Cl)cc1)C(C#N)=C(N)O2. The molecule has 2 heterocycles. The van der Waals surface area contributed by atoms with Crippen molar-refractivity contribution in [3.8, 4) is 11.8 Å². The van der Waals surface area contributed by atoms with Crippen LogP contribution in [0.3, 0.4) is 0 Å². The summed E-state index contributed by atoms with van der Waals surface area (Å²) in [7, 11) is 0. The number of benzene rings is 1. The van der Waals surface area contributed by atoms with Crippen molar-refractivity contribution in [2.24, 2.45) is 5.73 Å². The number of aryl methyl sites for hydroxylation is 1. The molecule has 2 aromatic rings. The van der Waals surface area contributed by atoms with Gasteiger partial charge in [0.1, 0.15) is 17.4 Å². The van der Waals surface area contributed by atoms with Crippen LogP contribution in [-0.4, -0.2) is 4.57 Å². The first kappa shape index (κ1) is 15.8. The van der Waals surface area contributed by atoms with Gasteiger partial charge in [-0.2, -0.15) is 5.26 Å². The predicted molar refractivity (Wildman–Crippen MR) is 94.5 cm³/mol. The average molecular weight is 354 g/mol. The maximum absolute atomic E-state index is 13.2. The van der Waals surface area contributed by atoms with Crippen molar-refractivity contribution in [3.05, 3.63) is 74.0 Å². The van der Waals surface area contributed by atoms with E-state index in [4.69, 9.17) is 22.1 Å². The summed E-state index contributed by atoms with van der Waals surface area (Å²) in [5.41, 5.74) is 8.20. The molecule has 5 nitrogen and oxygen atoms in total. The molecule has 1 saturated carbocycles. The highest BCUT2D eigenvalue weighted by atomic mass is 35.5. The minimum Gasteiger partial charge on any atom is -0.440 e. The van der Waals surface area contributed by atoms with Gasteiger partial charge in [0, 0.05) is 22.8 Å². The standard InChI is InChI=1S/C19H16ClN3O2/c1-10-8-15-17(19(24)23(10)13-6-7-13)16(14(9-21)18(22)25-15)11-2-4-12(20)5-3-11/h2-5,8,13,16H,6-7,22H2,1H3/t16-/m1/s1. The van der Waals surface area contributed by atoms with Crippen LogP contribution in [0.15, 0.2) is 46.6 Å². The Morgan fingerprint density at radius 2 is 2.00 bits per heavy atom.